The number of likely N-dealkylation sites (N-methyl/N-ethyl adjacent to an activating group) is 1. The number of nitrogens with one attached hydrogen (secondary N) is 1. The SMILES string of the molecule is CCC1C(=O)[C@H](C)C[C@](C)(OC)[C@H](OC2O[C@H](C)C[C@H](N(C)C)[C@H]2O)[C@@H](C)C(=O)[C@@H](C)C(=O)O[C@H](CC)[C@@]2(C)OC(=O)N(NCCCc3ccnc4ccccc34)[C@H]12. The number of Topliss-reactive ketones (excluding diaryl/α,β-unsaturated/α-hetero) is 2. The highest BCUT2D eigenvalue weighted by Gasteiger charge is 2.61. The van der Waals surface area contributed by atoms with Gasteiger partial charge in [-0.3, -0.25) is 19.4 Å². The highest BCUT2D eigenvalue weighted by Crippen LogP contribution is 2.43. The topological polar surface area (TPSA) is 166 Å². The van der Waals surface area contributed by atoms with Crippen molar-refractivity contribution < 1.29 is 48.0 Å². The molecule has 58 heavy (non-hydrogen) atoms. The molecule has 13 atom stereocenters. The maximum atomic E-state index is 14.9. The van der Waals surface area contributed by atoms with E-state index in [1.54, 1.807) is 27.0 Å². The maximum Gasteiger partial charge on any atom is 0.425 e. The van der Waals surface area contributed by atoms with Crippen LogP contribution in [-0.2, 0) is 44.5 Å². The van der Waals surface area contributed by atoms with E-state index in [2.05, 4.69) is 10.4 Å². The molecule has 2 aromatic rings. The molecule has 3 aliphatic rings. The number of aliphatic hydroxyl groups is 1. The molecule has 3 aliphatic heterocycles. The maximum absolute atomic E-state index is 14.9. The Labute approximate surface area is 343 Å². The molecule has 4 heterocycles. The number of hydrogen-bond donors (Lipinski definition) is 2. The summed E-state index contributed by atoms with van der Waals surface area (Å²) in [5.41, 5.74) is 2.61. The molecule has 1 aromatic carbocycles. The van der Waals surface area contributed by atoms with E-state index in [-0.39, 0.29) is 30.8 Å². The molecular weight excluding hydrogens is 745 g/mol. The van der Waals surface area contributed by atoms with Gasteiger partial charge in [0.05, 0.1) is 23.3 Å². The third-order valence-corrected chi connectivity index (χ3v) is 13.0. The van der Waals surface area contributed by atoms with Gasteiger partial charge >= 0.3 is 12.1 Å². The molecule has 14 heteroatoms. The summed E-state index contributed by atoms with van der Waals surface area (Å²) in [5, 5.41) is 13.9. The molecule has 14 nitrogen and oxygen atoms in total. The summed E-state index contributed by atoms with van der Waals surface area (Å²) < 4.78 is 31.3. The molecule has 0 bridgehead atoms. The molecule has 1 aromatic heterocycles. The molecule has 0 saturated carbocycles. The van der Waals surface area contributed by atoms with E-state index in [1.165, 1.54) is 19.0 Å². The number of esters is 1. The minimum absolute atomic E-state index is 0.123. The van der Waals surface area contributed by atoms with Crippen molar-refractivity contribution in [1.29, 1.82) is 0 Å². The quantitative estimate of drug-likeness (QED) is 0.172. The standard InChI is InChI=1S/C44H66N4O10/c1-12-30-35(49)25(3)24-43(7,54-11)39(57-41-37(51)33(47(9)10)23-26(4)55-41)27(5)36(50)28(6)40(52)56-34(13-2)44(8)38(30)48(42(53)58-44)46-21-16-17-29-20-22-45-32-19-15-14-18-31(29)32/h14-15,18-20,22,25-28,30,33-34,37-39,41,46,51H,12-13,16-17,21,23-24H2,1-11H3/t25-,26-,27+,28-,30?,33+,34-,37-,38-,39-,41?,43+,44-/m1/s1. The van der Waals surface area contributed by atoms with Crippen LogP contribution in [0.25, 0.3) is 10.9 Å². The predicted octanol–water partition coefficient (Wildman–Crippen LogP) is 5.27. The van der Waals surface area contributed by atoms with Crippen LogP contribution in [0.3, 0.4) is 0 Å². The van der Waals surface area contributed by atoms with E-state index in [9.17, 15) is 24.3 Å². The van der Waals surface area contributed by atoms with E-state index in [0.717, 1.165) is 16.5 Å². The second kappa shape index (κ2) is 18.8. The molecule has 0 aliphatic carbocycles. The van der Waals surface area contributed by atoms with Crippen LogP contribution >= 0.6 is 0 Å². The minimum Gasteiger partial charge on any atom is -0.458 e. The van der Waals surface area contributed by atoms with Crippen LogP contribution in [-0.4, -0.2) is 125 Å². The first kappa shape index (κ1) is 45.6. The zero-order valence-corrected chi connectivity index (χ0v) is 36.2. The lowest BCUT2D eigenvalue weighted by Gasteiger charge is -2.47. The van der Waals surface area contributed by atoms with Gasteiger partial charge in [-0.05, 0) is 98.0 Å². The van der Waals surface area contributed by atoms with Gasteiger partial charge in [-0.1, -0.05) is 45.9 Å². The van der Waals surface area contributed by atoms with E-state index in [0.29, 0.717) is 32.2 Å². The average molecular weight is 811 g/mol. The van der Waals surface area contributed by atoms with E-state index >= 15 is 0 Å². The Morgan fingerprint density at radius 1 is 1.02 bits per heavy atom. The number of para-hydroxylation sites is 1. The van der Waals surface area contributed by atoms with Crippen LogP contribution in [0.1, 0.15) is 93.1 Å². The molecule has 0 radical (unpaired) electrons. The normalized spacial score (nSPS) is 36.8. The lowest BCUT2D eigenvalue weighted by atomic mass is 9.72. The lowest BCUT2D eigenvalue weighted by Crippen LogP contribution is -2.61. The van der Waals surface area contributed by atoms with Gasteiger partial charge in [0.25, 0.3) is 0 Å². The van der Waals surface area contributed by atoms with Gasteiger partial charge in [-0.25, -0.2) is 15.2 Å². The number of ether oxygens (including phenoxy) is 5. The molecule has 2 N–H and O–H groups in total. The first-order valence-corrected chi connectivity index (χ1v) is 21.0. The van der Waals surface area contributed by atoms with Crippen LogP contribution in [0, 0.1) is 23.7 Å². The summed E-state index contributed by atoms with van der Waals surface area (Å²) in [5.74, 6) is -4.98. The molecule has 322 valence electrons. The van der Waals surface area contributed by atoms with Gasteiger partial charge in [-0.2, -0.15) is 0 Å². The zero-order chi connectivity index (χ0) is 42.7. The monoisotopic (exact) mass is 810 g/mol. The van der Waals surface area contributed by atoms with Crippen molar-refractivity contribution in [3.63, 3.8) is 0 Å². The Balaban J connectivity index is 1.49. The van der Waals surface area contributed by atoms with Crippen molar-refractivity contribution in [3.8, 4) is 0 Å². The molecule has 3 saturated heterocycles. The number of hydrogen-bond acceptors (Lipinski definition) is 13. The summed E-state index contributed by atoms with van der Waals surface area (Å²) >= 11 is 0. The van der Waals surface area contributed by atoms with E-state index in [4.69, 9.17) is 23.7 Å². The van der Waals surface area contributed by atoms with Crippen LogP contribution in [0.5, 0.6) is 0 Å². The van der Waals surface area contributed by atoms with Crippen molar-refractivity contribution in [3.05, 3.63) is 42.1 Å². The number of fused-ring (bicyclic) bond motifs is 2. The number of hydrazine groups is 1. The van der Waals surface area contributed by atoms with Crippen LogP contribution in [0.15, 0.2) is 36.5 Å². The Hall–Kier alpha value is -3.53. The minimum atomic E-state index is -1.45. The Morgan fingerprint density at radius 2 is 1.72 bits per heavy atom. The lowest BCUT2D eigenvalue weighted by molar-refractivity contribution is -0.295. The number of methoxy groups -OCH3 is 1. The van der Waals surface area contributed by atoms with E-state index in [1.807, 2.05) is 77.0 Å². The average Bonchev–Trinajstić information content (AvgIpc) is 3.45. The summed E-state index contributed by atoms with van der Waals surface area (Å²) in [6.45, 7) is 14.5. The Morgan fingerprint density at radius 3 is 2.38 bits per heavy atom. The number of pyridine rings is 1. The summed E-state index contributed by atoms with van der Waals surface area (Å²) in [6, 6.07) is 8.79. The first-order valence-electron chi connectivity index (χ1n) is 21.0. The number of aryl methyl sites for hydroxylation is 1. The molecule has 2 unspecified atom stereocenters. The molecule has 5 rings (SSSR count). The second-order valence-electron chi connectivity index (χ2n) is 17.3. The molecule has 3 fully saturated rings. The van der Waals surface area contributed by atoms with Crippen LogP contribution < -0.4 is 5.43 Å². The molecular formula is C44H66N4O10. The number of aromatic nitrogens is 1. The Bertz CT molecular complexity index is 1770. The number of amides is 1. The van der Waals surface area contributed by atoms with Gasteiger partial charge in [0.1, 0.15) is 30.0 Å². The fourth-order valence-electron chi connectivity index (χ4n) is 9.58. The van der Waals surface area contributed by atoms with Gasteiger partial charge in [0.15, 0.2) is 17.7 Å². The summed E-state index contributed by atoms with van der Waals surface area (Å²) in [4.78, 5) is 63.6. The van der Waals surface area contributed by atoms with E-state index < -0.39 is 83.4 Å². The fraction of sp³-hybridized carbons (Fsp3) is 0.705. The number of rotatable bonds is 11. The number of benzene rings is 1. The number of aliphatic hydroxyl groups excluding tert-OH is 1. The number of carbonyl (C=O) groups is 4. The van der Waals surface area contributed by atoms with Gasteiger partial charge in [-0.15, -0.1) is 0 Å². The van der Waals surface area contributed by atoms with Crippen molar-refractivity contribution in [2.45, 2.75) is 148 Å². The van der Waals surface area contributed by atoms with Crippen LogP contribution in [0.4, 0.5) is 4.79 Å². The highest BCUT2D eigenvalue weighted by atomic mass is 16.7. The summed E-state index contributed by atoms with van der Waals surface area (Å²) in [6.07, 6.45) is -0.689. The van der Waals surface area contributed by atoms with Crippen molar-refractivity contribution >= 4 is 34.5 Å². The number of carbonyl (C=O) groups excluding carboxylic acids is 4. The molecule has 1 amide bonds. The van der Waals surface area contributed by atoms with Crippen molar-refractivity contribution in [1.82, 2.24) is 20.3 Å². The smallest absolute Gasteiger partial charge is 0.425 e. The van der Waals surface area contributed by atoms with Gasteiger partial charge in [0.2, 0.25) is 0 Å². The fourth-order valence-corrected chi connectivity index (χ4v) is 9.58. The largest absolute Gasteiger partial charge is 0.458 e. The third kappa shape index (κ3) is 9.12. The highest BCUT2D eigenvalue weighted by molar-refractivity contribution is 6.00. The predicted molar refractivity (Wildman–Crippen MR) is 217 cm³/mol. The van der Waals surface area contributed by atoms with Gasteiger partial charge in [0, 0.05) is 49.0 Å². The Kier molecular flexibility index (Phi) is 14.8. The van der Waals surface area contributed by atoms with Crippen LogP contribution in [0.2, 0.25) is 0 Å². The zero-order valence-electron chi connectivity index (χ0n) is 36.2. The number of cyclic esters (lactones) is 1. The second-order valence-corrected chi connectivity index (χ2v) is 17.3. The summed E-state index contributed by atoms with van der Waals surface area (Å²) in [7, 11) is 5.25. The third-order valence-electron chi connectivity index (χ3n) is 13.0. The van der Waals surface area contributed by atoms with Crippen molar-refractivity contribution in [2.24, 2.45) is 23.7 Å². The van der Waals surface area contributed by atoms with Gasteiger partial charge < -0.3 is 33.7 Å². The number of nitrogens with zero attached hydrogens (tertiary/aromatic N) is 3. The van der Waals surface area contributed by atoms with Crippen molar-refractivity contribution in [2.75, 3.05) is 27.7 Å². The number of ketones is 2. The molecule has 0 spiro atoms. The first-order chi connectivity index (χ1) is 27.4.